The fraction of sp³-hybridized carbons (Fsp3) is 0.600. The molecule has 0 radical (unpaired) electrons. The molecule has 104 valence electrons. The Morgan fingerprint density at radius 2 is 2.21 bits per heavy atom. The Labute approximate surface area is 114 Å². The lowest BCUT2D eigenvalue weighted by Gasteiger charge is -2.16. The average molecular weight is 262 g/mol. The number of likely N-dealkylation sites (tertiary alicyclic amines) is 1. The highest BCUT2D eigenvalue weighted by molar-refractivity contribution is 5.78. The van der Waals surface area contributed by atoms with E-state index in [0.29, 0.717) is 25.5 Å². The second-order valence-corrected chi connectivity index (χ2v) is 5.38. The van der Waals surface area contributed by atoms with Gasteiger partial charge in [-0.2, -0.15) is 0 Å². The number of amides is 1. The predicted octanol–water partition coefficient (Wildman–Crippen LogP) is 1.74. The number of carbonyl (C=O) groups is 1. The van der Waals surface area contributed by atoms with E-state index in [1.54, 1.807) is 7.11 Å². The molecule has 1 aliphatic heterocycles. The Hall–Kier alpha value is -1.42. The van der Waals surface area contributed by atoms with Crippen molar-refractivity contribution in [2.75, 3.05) is 26.8 Å². The van der Waals surface area contributed by atoms with E-state index in [2.05, 4.69) is 24.0 Å². The molecule has 0 N–H and O–H groups in total. The van der Waals surface area contributed by atoms with Gasteiger partial charge in [0.1, 0.15) is 0 Å². The van der Waals surface area contributed by atoms with Gasteiger partial charge in [0.25, 0.3) is 0 Å². The van der Waals surface area contributed by atoms with Crippen molar-refractivity contribution in [3.63, 3.8) is 0 Å². The third-order valence-corrected chi connectivity index (χ3v) is 3.51. The van der Waals surface area contributed by atoms with Gasteiger partial charge in [-0.05, 0) is 43.9 Å². The van der Waals surface area contributed by atoms with Gasteiger partial charge in [-0.1, -0.05) is 0 Å². The lowest BCUT2D eigenvalue weighted by atomic mass is 10.0. The summed E-state index contributed by atoms with van der Waals surface area (Å²) in [5.74, 6) is 0.629. The summed E-state index contributed by atoms with van der Waals surface area (Å²) in [7, 11) is 1.66. The summed E-state index contributed by atoms with van der Waals surface area (Å²) in [4.78, 5) is 18.3. The summed E-state index contributed by atoms with van der Waals surface area (Å²) in [5.41, 5.74) is 3.39. The minimum atomic E-state index is 0.242. The largest absolute Gasteiger partial charge is 0.383 e. The van der Waals surface area contributed by atoms with Gasteiger partial charge in [-0.25, -0.2) is 0 Å². The maximum absolute atomic E-state index is 11.9. The smallest absolute Gasteiger partial charge is 0.223 e. The van der Waals surface area contributed by atoms with E-state index in [4.69, 9.17) is 4.74 Å². The Balaban J connectivity index is 1.95. The molecule has 0 unspecified atom stereocenters. The predicted molar refractivity (Wildman–Crippen MR) is 74.0 cm³/mol. The van der Waals surface area contributed by atoms with E-state index >= 15 is 0 Å². The summed E-state index contributed by atoms with van der Waals surface area (Å²) in [6.45, 7) is 6.24. The van der Waals surface area contributed by atoms with E-state index in [9.17, 15) is 4.79 Å². The number of aryl methyl sites for hydroxylation is 2. The normalized spacial score (nSPS) is 19.2. The molecule has 0 aliphatic carbocycles. The second kappa shape index (κ2) is 6.15. The molecule has 2 rings (SSSR count). The number of rotatable bonds is 5. The summed E-state index contributed by atoms with van der Waals surface area (Å²) >= 11 is 0. The van der Waals surface area contributed by atoms with Crippen molar-refractivity contribution in [3.8, 4) is 0 Å². The molecule has 1 aromatic heterocycles. The van der Waals surface area contributed by atoms with Gasteiger partial charge in [0.2, 0.25) is 5.91 Å². The number of nitrogens with zero attached hydrogens (tertiary/aromatic N) is 2. The summed E-state index contributed by atoms with van der Waals surface area (Å²) in [6, 6.07) is 4.20. The minimum absolute atomic E-state index is 0.242. The fourth-order valence-corrected chi connectivity index (χ4v) is 2.73. The first-order valence-corrected chi connectivity index (χ1v) is 6.79. The Kier molecular flexibility index (Phi) is 4.53. The number of methoxy groups -OCH3 is 1. The number of pyridine rings is 1. The molecule has 0 saturated carbocycles. The fourth-order valence-electron chi connectivity index (χ4n) is 2.73. The van der Waals surface area contributed by atoms with Gasteiger partial charge in [0, 0.05) is 38.0 Å². The molecule has 1 aliphatic rings. The summed E-state index contributed by atoms with van der Waals surface area (Å²) < 4.78 is 5.03. The van der Waals surface area contributed by atoms with Crippen LogP contribution in [-0.2, 0) is 16.0 Å². The third kappa shape index (κ3) is 3.77. The van der Waals surface area contributed by atoms with Gasteiger partial charge in [-0.3, -0.25) is 9.78 Å². The molecule has 1 atom stereocenters. The SMILES string of the molecule is COCCN1C[C@@H](Cc2cc(C)cc(C)n2)CC1=O. The van der Waals surface area contributed by atoms with Crippen LogP contribution in [0.25, 0.3) is 0 Å². The summed E-state index contributed by atoms with van der Waals surface area (Å²) in [5, 5.41) is 0. The van der Waals surface area contributed by atoms with E-state index in [-0.39, 0.29) is 5.91 Å². The zero-order chi connectivity index (χ0) is 13.8. The highest BCUT2D eigenvalue weighted by Gasteiger charge is 2.29. The van der Waals surface area contributed by atoms with Gasteiger partial charge in [0.15, 0.2) is 0 Å². The first kappa shape index (κ1) is 14.0. The van der Waals surface area contributed by atoms with E-state index < -0.39 is 0 Å². The quantitative estimate of drug-likeness (QED) is 0.811. The van der Waals surface area contributed by atoms with Crippen LogP contribution in [0.3, 0.4) is 0 Å². The molecule has 4 heteroatoms. The first-order chi connectivity index (χ1) is 9.08. The number of aromatic nitrogens is 1. The zero-order valence-corrected chi connectivity index (χ0v) is 12.0. The van der Waals surface area contributed by atoms with Crippen LogP contribution >= 0.6 is 0 Å². The molecule has 19 heavy (non-hydrogen) atoms. The lowest BCUT2D eigenvalue weighted by molar-refractivity contribution is -0.128. The molecule has 0 aromatic carbocycles. The van der Waals surface area contributed by atoms with Gasteiger partial charge >= 0.3 is 0 Å². The summed E-state index contributed by atoms with van der Waals surface area (Å²) in [6.07, 6.45) is 1.52. The van der Waals surface area contributed by atoms with Crippen LogP contribution in [0.1, 0.15) is 23.4 Å². The average Bonchev–Trinajstić information content (AvgIpc) is 2.65. The van der Waals surface area contributed by atoms with E-state index in [1.807, 2.05) is 11.8 Å². The zero-order valence-electron chi connectivity index (χ0n) is 12.0. The van der Waals surface area contributed by atoms with Crippen LogP contribution in [0.5, 0.6) is 0 Å². The molecule has 2 heterocycles. The van der Waals surface area contributed by atoms with Crippen molar-refractivity contribution in [2.24, 2.45) is 5.92 Å². The molecular weight excluding hydrogens is 240 g/mol. The van der Waals surface area contributed by atoms with Crippen LogP contribution in [0, 0.1) is 19.8 Å². The highest BCUT2D eigenvalue weighted by Crippen LogP contribution is 2.21. The number of ether oxygens (including phenoxy) is 1. The van der Waals surface area contributed by atoms with Crippen molar-refractivity contribution in [2.45, 2.75) is 26.7 Å². The molecule has 1 amide bonds. The van der Waals surface area contributed by atoms with E-state index in [1.165, 1.54) is 5.56 Å². The minimum Gasteiger partial charge on any atom is -0.383 e. The molecule has 0 spiro atoms. The lowest BCUT2D eigenvalue weighted by Crippen LogP contribution is -2.29. The van der Waals surface area contributed by atoms with Gasteiger partial charge in [0.05, 0.1) is 6.61 Å². The van der Waals surface area contributed by atoms with Gasteiger partial charge < -0.3 is 9.64 Å². The number of hydrogen-bond donors (Lipinski definition) is 0. The molecular formula is C15H22N2O2. The van der Waals surface area contributed by atoms with Crippen molar-refractivity contribution in [1.29, 1.82) is 0 Å². The third-order valence-electron chi connectivity index (χ3n) is 3.51. The van der Waals surface area contributed by atoms with Crippen molar-refractivity contribution in [3.05, 3.63) is 29.1 Å². The second-order valence-electron chi connectivity index (χ2n) is 5.38. The standard InChI is InChI=1S/C15H22N2O2/c1-11-6-12(2)16-14(7-11)8-13-9-15(18)17(10-13)4-5-19-3/h6-7,13H,4-5,8-10H2,1-3H3/t13-/m0/s1. The maximum atomic E-state index is 11.9. The van der Waals surface area contributed by atoms with E-state index in [0.717, 1.165) is 24.4 Å². The van der Waals surface area contributed by atoms with Crippen LogP contribution in [0.2, 0.25) is 0 Å². The van der Waals surface area contributed by atoms with Crippen LogP contribution < -0.4 is 0 Å². The van der Waals surface area contributed by atoms with Crippen LogP contribution in [-0.4, -0.2) is 42.6 Å². The van der Waals surface area contributed by atoms with Crippen LogP contribution in [0.4, 0.5) is 0 Å². The molecule has 1 saturated heterocycles. The Morgan fingerprint density at radius 1 is 1.42 bits per heavy atom. The highest BCUT2D eigenvalue weighted by atomic mass is 16.5. The maximum Gasteiger partial charge on any atom is 0.223 e. The Morgan fingerprint density at radius 3 is 2.89 bits per heavy atom. The first-order valence-electron chi connectivity index (χ1n) is 6.79. The number of hydrogen-bond acceptors (Lipinski definition) is 3. The van der Waals surface area contributed by atoms with Crippen molar-refractivity contribution in [1.82, 2.24) is 9.88 Å². The Bertz CT molecular complexity index is 439. The molecule has 0 bridgehead atoms. The monoisotopic (exact) mass is 262 g/mol. The van der Waals surface area contributed by atoms with Crippen molar-refractivity contribution < 1.29 is 9.53 Å². The number of carbonyl (C=O) groups excluding carboxylic acids is 1. The molecule has 1 fully saturated rings. The van der Waals surface area contributed by atoms with Crippen LogP contribution in [0.15, 0.2) is 12.1 Å². The molecule has 1 aromatic rings. The topological polar surface area (TPSA) is 42.4 Å². The van der Waals surface area contributed by atoms with Crippen molar-refractivity contribution >= 4 is 5.91 Å². The van der Waals surface area contributed by atoms with Gasteiger partial charge in [-0.15, -0.1) is 0 Å². The molecule has 4 nitrogen and oxygen atoms in total.